The largest absolute Gasteiger partial charge is 0.421 e. The van der Waals surface area contributed by atoms with Crippen molar-refractivity contribution in [3.8, 4) is 0 Å². The molecule has 0 aliphatic rings. The molecule has 18 heavy (non-hydrogen) atoms. The Hall–Kier alpha value is -2.64. The molecular weight excluding hydrogens is 242 g/mol. The number of H-pyrrole nitrogens is 1. The topological polar surface area (TPSA) is 118 Å². The highest BCUT2D eigenvalue weighted by Gasteiger charge is 2.23. The average Bonchev–Trinajstić information content (AvgIpc) is 2.29. The third kappa shape index (κ3) is 1.46. The van der Waals surface area contributed by atoms with E-state index in [0.29, 0.717) is 11.1 Å². The molecule has 8 nitrogen and oxygen atoms in total. The average molecular weight is 251 g/mol. The molecule has 0 saturated carbocycles. The van der Waals surface area contributed by atoms with Gasteiger partial charge in [-0.3, -0.25) is 14.9 Å². The van der Waals surface area contributed by atoms with Crippen LogP contribution in [0.1, 0.15) is 11.1 Å². The summed E-state index contributed by atoms with van der Waals surface area (Å²) in [6.45, 7) is 3.13. The van der Waals surface area contributed by atoms with Gasteiger partial charge < -0.3 is 10.2 Å². The van der Waals surface area contributed by atoms with Crippen LogP contribution in [0.5, 0.6) is 0 Å². The van der Waals surface area contributed by atoms with Crippen molar-refractivity contribution in [2.75, 3.05) is 0 Å². The van der Waals surface area contributed by atoms with E-state index in [0.717, 1.165) is 0 Å². The molecule has 2 rings (SSSR count). The molecule has 0 fully saturated rings. The lowest BCUT2D eigenvalue weighted by Gasteiger charge is -2.06. The lowest BCUT2D eigenvalue weighted by Crippen LogP contribution is -2.33. The van der Waals surface area contributed by atoms with Gasteiger partial charge in [-0.15, -0.1) is 0 Å². The van der Waals surface area contributed by atoms with Crippen LogP contribution in [0.25, 0.3) is 10.9 Å². The summed E-state index contributed by atoms with van der Waals surface area (Å²) in [5.74, 6) is 0. The molecule has 0 atom stereocenters. The molecule has 0 spiro atoms. The number of nitro benzene ring substituents is 1. The van der Waals surface area contributed by atoms with Crippen molar-refractivity contribution in [1.82, 2.24) is 9.71 Å². The van der Waals surface area contributed by atoms with Crippen LogP contribution in [-0.4, -0.2) is 19.8 Å². The predicted octanol–water partition coefficient (Wildman–Crippen LogP) is 0.452. The highest BCUT2D eigenvalue weighted by atomic mass is 16.6. The van der Waals surface area contributed by atoms with E-state index in [-0.39, 0.29) is 15.6 Å². The van der Waals surface area contributed by atoms with Gasteiger partial charge in [-0.1, -0.05) is 4.73 Å². The molecule has 2 N–H and O–H groups in total. The van der Waals surface area contributed by atoms with Gasteiger partial charge in [-0.25, -0.2) is 4.79 Å². The maximum Gasteiger partial charge on any atom is 0.362 e. The molecule has 1 aromatic carbocycles. The molecule has 1 aromatic heterocycles. The molecule has 94 valence electrons. The van der Waals surface area contributed by atoms with E-state index in [1.807, 2.05) is 0 Å². The van der Waals surface area contributed by atoms with Crippen LogP contribution in [-0.2, 0) is 0 Å². The van der Waals surface area contributed by atoms with Gasteiger partial charge in [0.05, 0.1) is 10.4 Å². The Morgan fingerprint density at radius 1 is 1.39 bits per heavy atom. The zero-order chi connectivity index (χ0) is 13.6. The van der Waals surface area contributed by atoms with E-state index in [4.69, 9.17) is 0 Å². The van der Waals surface area contributed by atoms with Crippen LogP contribution in [0, 0.1) is 24.0 Å². The van der Waals surface area contributed by atoms with Gasteiger partial charge in [-0.2, -0.15) is 0 Å². The van der Waals surface area contributed by atoms with E-state index in [2.05, 4.69) is 4.98 Å². The highest BCUT2D eigenvalue weighted by molar-refractivity contribution is 5.89. The van der Waals surface area contributed by atoms with E-state index < -0.39 is 21.9 Å². The number of aromatic amines is 1. The van der Waals surface area contributed by atoms with Crippen molar-refractivity contribution in [1.29, 1.82) is 0 Å². The number of nitrogens with zero attached hydrogens (tertiary/aromatic N) is 2. The van der Waals surface area contributed by atoms with Crippen molar-refractivity contribution in [3.63, 3.8) is 0 Å². The van der Waals surface area contributed by atoms with Gasteiger partial charge in [-0.05, 0) is 25.5 Å². The molecular formula is C10H9N3O5. The Labute approximate surface area is 99.2 Å². The molecule has 0 bridgehead atoms. The summed E-state index contributed by atoms with van der Waals surface area (Å²) in [7, 11) is 0. The summed E-state index contributed by atoms with van der Waals surface area (Å²) in [6.07, 6.45) is 0. The van der Waals surface area contributed by atoms with Gasteiger partial charge >= 0.3 is 11.2 Å². The fraction of sp³-hybridized carbons (Fsp3) is 0.200. The van der Waals surface area contributed by atoms with Gasteiger partial charge in [0.15, 0.2) is 0 Å². The fourth-order valence-corrected chi connectivity index (χ4v) is 1.81. The summed E-state index contributed by atoms with van der Waals surface area (Å²) in [6, 6.07) is 1.46. The second-order valence-electron chi connectivity index (χ2n) is 3.89. The molecule has 0 amide bonds. The van der Waals surface area contributed by atoms with Gasteiger partial charge in [0.2, 0.25) is 0 Å². The minimum Gasteiger partial charge on any atom is -0.421 e. The maximum absolute atomic E-state index is 11.7. The second kappa shape index (κ2) is 3.69. The van der Waals surface area contributed by atoms with Crippen LogP contribution in [0.3, 0.4) is 0 Å². The molecule has 0 aliphatic heterocycles. The fourth-order valence-electron chi connectivity index (χ4n) is 1.81. The molecule has 0 unspecified atom stereocenters. The zero-order valence-electron chi connectivity index (χ0n) is 9.55. The first-order valence-electron chi connectivity index (χ1n) is 4.97. The Morgan fingerprint density at radius 2 is 2.00 bits per heavy atom. The normalized spacial score (nSPS) is 10.8. The number of aromatic nitrogens is 2. The molecule has 0 saturated heterocycles. The van der Waals surface area contributed by atoms with E-state index in [1.165, 1.54) is 13.0 Å². The van der Waals surface area contributed by atoms with Crippen LogP contribution >= 0.6 is 0 Å². The number of aryl methyl sites for hydroxylation is 1. The Morgan fingerprint density at radius 3 is 2.56 bits per heavy atom. The Balaban J connectivity index is 3.20. The molecule has 2 aromatic rings. The van der Waals surface area contributed by atoms with Gasteiger partial charge in [0.1, 0.15) is 5.39 Å². The van der Waals surface area contributed by atoms with Crippen molar-refractivity contribution in [2.24, 2.45) is 0 Å². The number of nitrogens with one attached hydrogen (secondary N) is 1. The van der Waals surface area contributed by atoms with Gasteiger partial charge in [0.25, 0.3) is 5.69 Å². The highest BCUT2D eigenvalue weighted by Crippen LogP contribution is 2.27. The number of fused-ring (bicyclic) bond motifs is 1. The number of hydrogen-bond donors (Lipinski definition) is 2. The summed E-state index contributed by atoms with van der Waals surface area (Å²) in [5, 5.41) is 19.9. The zero-order valence-corrected chi connectivity index (χ0v) is 9.55. The molecule has 8 heteroatoms. The third-order valence-electron chi connectivity index (χ3n) is 2.84. The van der Waals surface area contributed by atoms with E-state index in [1.54, 1.807) is 6.92 Å². The lowest BCUT2D eigenvalue weighted by molar-refractivity contribution is -0.383. The Kier molecular flexibility index (Phi) is 2.43. The summed E-state index contributed by atoms with van der Waals surface area (Å²) < 4.78 is -0.176. The minimum absolute atomic E-state index is 0.0325. The number of rotatable bonds is 1. The first-order valence-corrected chi connectivity index (χ1v) is 4.97. The van der Waals surface area contributed by atoms with Crippen molar-refractivity contribution in [3.05, 3.63) is 48.1 Å². The predicted molar refractivity (Wildman–Crippen MR) is 62.1 cm³/mol. The van der Waals surface area contributed by atoms with Gasteiger partial charge in [0, 0.05) is 5.56 Å². The molecule has 0 radical (unpaired) electrons. The first kappa shape index (κ1) is 11.8. The third-order valence-corrected chi connectivity index (χ3v) is 2.84. The lowest BCUT2D eigenvalue weighted by atomic mass is 10.0. The number of nitro groups is 1. The SMILES string of the molecule is Cc1cc2[nH]c(=O)n(O)c(=O)c2c([N+](=O)[O-])c1C. The van der Waals surface area contributed by atoms with Crippen LogP contribution in [0.4, 0.5) is 5.69 Å². The maximum atomic E-state index is 11.7. The van der Waals surface area contributed by atoms with Crippen LogP contribution in [0.15, 0.2) is 15.7 Å². The van der Waals surface area contributed by atoms with Crippen LogP contribution in [0.2, 0.25) is 0 Å². The molecule has 1 heterocycles. The summed E-state index contributed by atoms with van der Waals surface area (Å²) >= 11 is 0. The monoisotopic (exact) mass is 251 g/mol. The summed E-state index contributed by atoms with van der Waals surface area (Å²) in [4.78, 5) is 35.5. The number of hydrogen-bond acceptors (Lipinski definition) is 5. The minimum atomic E-state index is -1.11. The van der Waals surface area contributed by atoms with E-state index in [9.17, 15) is 24.9 Å². The van der Waals surface area contributed by atoms with Crippen molar-refractivity contribution >= 4 is 16.6 Å². The van der Waals surface area contributed by atoms with Crippen LogP contribution < -0.4 is 11.2 Å². The van der Waals surface area contributed by atoms with E-state index >= 15 is 0 Å². The Bertz CT molecular complexity index is 787. The number of benzene rings is 1. The van der Waals surface area contributed by atoms with Crippen molar-refractivity contribution < 1.29 is 10.1 Å². The standard InChI is InChI=1S/C10H9N3O5/c1-4-3-6-7(8(5(4)2)13(17)18)9(14)12(16)10(15)11-6/h3,16H,1-2H3,(H,11,15). The van der Waals surface area contributed by atoms with Crippen molar-refractivity contribution in [2.45, 2.75) is 13.8 Å². The second-order valence-corrected chi connectivity index (χ2v) is 3.89. The first-order chi connectivity index (χ1) is 8.34. The molecule has 0 aliphatic carbocycles. The summed E-state index contributed by atoms with van der Waals surface area (Å²) in [5.41, 5.74) is -1.63. The smallest absolute Gasteiger partial charge is 0.362 e. The quantitative estimate of drug-likeness (QED) is 0.433.